The smallest absolute Gasteiger partial charge is 0.252 e. The third-order valence-electron chi connectivity index (χ3n) is 3.96. The SMILES string of the molecule is COc1cc(OC)cc(C(=O)NC(C(=O)Nc2ccc(F)cc2)C(C)C)c1. The normalized spacial score (nSPS) is 11.6. The fourth-order valence-electron chi connectivity index (χ4n) is 2.45. The average molecular weight is 374 g/mol. The second-order valence-electron chi connectivity index (χ2n) is 6.29. The van der Waals surface area contributed by atoms with Crippen molar-refractivity contribution >= 4 is 17.5 Å². The van der Waals surface area contributed by atoms with Crippen molar-refractivity contribution in [2.24, 2.45) is 5.92 Å². The molecule has 0 radical (unpaired) electrons. The fourth-order valence-corrected chi connectivity index (χ4v) is 2.45. The lowest BCUT2D eigenvalue weighted by atomic mass is 10.0. The Morgan fingerprint density at radius 1 is 0.963 bits per heavy atom. The first kappa shape index (κ1) is 20.2. The van der Waals surface area contributed by atoms with Gasteiger partial charge in [0, 0.05) is 17.3 Å². The molecule has 6 nitrogen and oxygen atoms in total. The molecular weight excluding hydrogens is 351 g/mol. The number of benzene rings is 2. The summed E-state index contributed by atoms with van der Waals surface area (Å²) in [7, 11) is 2.98. The van der Waals surface area contributed by atoms with Crippen LogP contribution in [0.5, 0.6) is 11.5 Å². The van der Waals surface area contributed by atoms with Crippen LogP contribution in [0.1, 0.15) is 24.2 Å². The van der Waals surface area contributed by atoms with Gasteiger partial charge in [-0.05, 0) is 42.3 Å². The number of nitrogens with one attached hydrogen (secondary N) is 2. The molecule has 1 atom stereocenters. The van der Waals surface area contributed by atoms with E-state index in [9.17, 15) is 14.0 Å². The van der Waals surface area contributed by atoms with E-state index in [1.165, 1.54) is 38.5 Å². The minimum Gasteiger partial charge on any atom is -0.497 e. The number of ether oxygens (including phenoxy) is 2. The van der Waals surface area contributed by atoms with Gasteiger partial charge in [0.1, 0.15) is 23.4 Å². The molecule has 27 heavy (non-hydrogen) atoms. The van der Waals surface area contributed by atoms with Crippen LogP contribution >= 0.6 is 0 Å². The van der Waals surface area contributed by atoms with Gasteiger partial charge in [-0.1, -0.05) is 13.8 Å². The largest absolute Gasteiger partial charge is 0.497 e. The second-order valence-corrected chi connectivity index (χ2v) is 6.29. The molecule has 2 aromatic rings. The molecule has 2 rings (SSSR count). The Morgan fingerprint density at radius 2 is 1.52 bits per heavy atom. The van der Waals surface area contributed by atoms with Gasteiger partial charge in [0.15, 0.2) is 0 Å². The quantitative estimate of drug-likeness (QED) is 0.780. The van der Waals surface area contributed by atoms with Gasteiger partial charge in [0.05, 0.1) is 14.2 Å². The Labute approximate surface area is 157 Å². The van der Waals surface area contributed by atoms with Gasteiger partial charge < -0.3 is 20.1 Å². The number of carbonyl (C=O) groups is 2. The molecule has 7 heteroatoms. The fraction of sp³-hybridized carbons (Fsp3) is 0.300. The molecule has 0 saturated heterocycles. The Kier molecular flexibility index (Phi) is 6.76. The Bertz CT molecular complexity index is 784. The van der Waals surface area contributed by atoms with Crippen LogP contribution in [0.15, 0.2) is 42.5 Å². The number of halogens is 1. The summed E-state index contributed by atoms with van der Waals surface area (Å²) in [5, 5.41) is 5.41. The second kappa shape index (κ2) is 9.02. The van der Waals surface area contributed by atoms with Crippen molar-refractivity contribution in [1.82, 2.24) is 5.32 Å². The van der Waals surface area contributed by atoms with E-state index in [4.69, 9.17) is 9.47 Å². The number of anilines is 1. The van der Waals surface area contributed by atoms with Crippen molar-refractivity contribution in [3.05, 3.63) is 53.8 Å². The summed E-state index contributed by atoms with van der Waals surface area (Å²) < 4.78 is 23.3. The molecule has 1 unspecified atom stereocenters. The van der Waals surface area contributed by atoms with E-state index < -0.39 is 17.8 Å². The zero-order chi connectivity index (χ0) is 20.0. The highest BCUT2D eigenvalue weighted by Crippen LogP contribution is 2.22. The van der Waals surface area contributed by atoms with Crippen LogP contribution < -0.4 is 20.1 Å². The van der Waals surface area contributed by atoms with Gasteiger partial charge >= 0.3 is 0 Å². The van der Waals surface area contributed by atoms with Gasteiger partial charge in [-0.25, -0.2) is 4.39 Å². The standard InChI is InChI=1S/C20H23FN2O4/c1-12(2)18(20(25)22-15-7-5-14(21)6-8-15)23-19(24)13-9-16(26-3)11-17(10-13)27-4/h5-12,18H,1-4H3,(H,22,25)(H,23,24). The van der Waals surface area contributed by atoms with Crippen molar-refractivity contribution in [2.75, 3.05) is 19.5 Å². The van der Waals surface area contributed by atoms with Crippen molar-refractivity contribution in [3.63, 3.8) is 0 Å². The predicted molar refractivity (Wildman–Crippen MR) is 101 cm³/mol. The number of rotatable bonds is 7. The topological polar surface area (TPSA) is 76.7 Å². The number of amides is 2. The van der Waals surface area contributed by atoms with E-state index in [1.807, 2.05) is 13.8 Å². The summed E-state index contributed by atoms with van der Waals surface area (Å²) in [6.07, 6.45) is 0. The van der Waals surface area contributed by atoms with Gasteiger partial charge in [0.25, 0.3) is 5.91 Å². The van der Waals surface area contributed by atoms with Crippen LogP contribution in [0.4, 0.5) is 10.1 Å². The van der Waals surface area contributed by atoms with Crippen molar-refractivity contribution in [2.45, 2.75) is 19.9 Å². The first-order valence-corrected chi connectivity index (χ1v) is 8.44. The Balaban J connectivity index is 2.16. The molecule has 0 aliphatic heterocycles. The Morgan fingerprint density at radius 3 is 2.00 bits per heavy atom. The molecule has 0 fully saturated rings. The monoisotopic (exact) mass is 374 g/mol. The highest BCUT2D eigenvalue weighted by molar-refractivity contribution is 6.01. The molecule has 144 valence electrons. The lowest BCUT2D eigenvalue weighted by Crippen LogP contribution is -2.47. The molecule has 0 aliphatic rings. The highest BCUT2D eigenvalue weighted by Gasteiger charge is 2.25. The van der Waals surface area contributed by atoms with E-state index in [-0.39, 0.29) is 11.8 Å². The van der Waals surface area contributed by atoms with Crippen LogP contribution in [0.3, 0.4) is 0 Å². The van der Waals surface area contributed by atoms with E-state index in [0.717, 1.165) is 0 Å². The number of hydrogen-bond acceptors (Lipinski definition) is 4. The van der Waals surface area contributed by atoms with Crippen LogP contribution in [-0.4, -0.2) is 32.1 Å². The molecule has 0 aromatic heterocycles. The number of carbonyl (C=O) groups excluding carboxylic acids is 2. The van der Waals surface area contributed by atoms with Crippen LogP contribution in [-0.2, 0) is 4.79 Å². The van der Waals surface area contributed by atoms with E-state index in [1.54, 1.807) is 18.2 Å². The maximum Gasteiger partial charge on any atom is 0.252 e. The van der Waals surface area contributed by atoms with Crippen molar-refractivity contribution in [3.8, 4) is 11.5 Å². The van der Waals surface area contributed by atoms with Crippen molar-refractivity contribution < 1.29 is 23.5 Å². The first-order chi connectivity index (χ1) is 12.8. The van der Waals surface area contributed by atoms with Gasteiger partial charge in [-0.2, -0.15) is 0 Å². The van der Waals surface area contributed by atoms with Gasteiger partial charge in [0.2, 0.25) is 5.91 Å². The maximum atomic E-state index is 13.0. The molecule has 0 aliphatic carbocycles. The first-order valence-electron chi connectivity index (χ1n) is 8.44. The molecule has 2 aromatic carbocycles. The van der Waals surface area contributed by atoms with Crippen molar-refractivity contribution in [1.29, 1.82) is 0 Å². The highest BCUT2D eigenvalue weighted by atomic mass is 19.1. The van der Waals surface area contributed by atoms with E-state index in [0.29, 0.717) is 22.7 Å². The molecule has 0 bridgehead atoms. The summed E-state index contributed by atoms with van der Waals surface area (Å²) in [4.78, 5) is 25.2. The zero-order valence-electron chi connectivity index (χ0n) is 15.7. The minimum atomic E-state index is -0.778. The molecule has 0 saturated carbocycles. The van der Waals surface area contributed by atoms with Gasteiger partial charge in [-0.15, -0.1) is 0 Å². The molecule has 0 spiro atoms. The maximum absolute atomic E-state index is 13.0. The Hall–Kier alpha value is -3.09. The van der Waals surface area contributed by atoms with Crippen LogP contribution in [0, 0.1) is 11.7 Å². The van der Waals surface area contributed by atoms with E-state index >= 15 is 0 Å². The minimum absolute atomic E-state index is 0.165. The third kappa shape index (κ3) is 5.44. The molecule has 2 amide bonds. The molecule has 0 heterocycles. The third-order valence-corrected chi connectivity index (χ3v) is 3.96. The summed E-state index contributed by atoms with van der Waals surface area (Å²) in [5.74, 6) is -0.441. The molecule has 2 N–H and O–H groups in total. The zero-order valence-corrected chi connectivity index (χ0v) is 15.7. The molecular formula is C20H23FN2O4. The summed E-state index contributed by atoms with van der Waals surface area (Å²) in [6, 6.07) is 9.42. The number of hydrogen-bond donors (Lipinski definition) is 2. The lowest BCUT2D eigenvalue weighted by Gasteiger charge is -2.22. The van der Waals surface area contributed by atoms with Crippen LogP contribution in [0.2, 0.25) is 0 Å². The average Bonchev–Trinajstić information content (AvgIpc) is 2.66. The van der Waals surface area contributed by atoms with Gasteiger partial charge in [-0.3, -0.25) is 9.59 Å². The summed E-state index contributed by atoms with van der Waals surface area (Å²) >= 11 is 0. The van der Waals surface area contributed by atoms with Crippen LogP contribution in [0.25, 0.3) is 0 Å². The predicted octanol–water partition coefficient (Wildman–Crippen LogP) is 3.24. The summed E-state index contributed by atoms with van der Waals surface area (Å²) in [6.45, 7) is 3.64. The van der Waals surface area contributed by atoms with E-state index in [2.05, 4.69) is 10.6 Å². The number of methoxy groups -OCH3 is 2. The summed E-state index contributed by atoms with van der Waals surface area (Å²) in [5.41, 5.74) is 0.760. The lowest BCUT2D eigenvalue weighted by molar-refractivity contribution is -0.118.